The number of nitrogens with zero attached hydrogens (tertiary/aromatic N) is 3. The van der Waals surface area contributed by atoms with Crippen molar-refractivity contribution in [2.24, 2.45) is 12.5 Å². The zero-order chi connectivity index (χ0) is 14.1. The summed E-state index contributed by atoms with van der Waals surface area (Å²) in [4.78, 5) is 12.8. The van der Waals surface area contributed by atoms with Gasteiger partial charge in [-0.1, -0.05) is 19.1 Å². The maximum absolute atomic E-state index is 12.8. The second-order valence-corrected chi connectivity index (χ2v) is 6.16. The van der Waals surface area contributed by atoms with Gasteiger partial charge in [-0.05, 0) is 38.0 Å². The molecule has 19 heavy (non-hydrogen) atoms. The minimum Gasteiger partial charge on any atom is -0.367 e. The molecule has 1 aromatic rings. The van der Waals surface area contributed by atoms with Gasteiger partial charge in [-0.3, -0.25) is 4.79 Å². The summed E-state index contributed by atoms with van der Waals surface area (Å²) in [5.41, 5.74) is 0.152. The van der Waals surface area contributed by atoms with Gasteiger partial charge in [-0.2, -0.15) is 0 Å². The van der Waals surface area contributed by atoms with Gasteiger partial charge in [0.1, 0.15) is 11.3 Å². The second-order valence-electron chi connectivity index (χ2n) is 6.16. The van der Waals surface area contributed by atoms with Crippen molar-refractivity contribution in [3.05, 3.63) is 11.9 Å². The van der Waals surface area contributed by atoms with Crippen LogP contribution in [0, 0.1) is 5.41 Å². The van der Waals surface area contributed by atoms with Crippen LogP contribution < -0.4 is 0 Å². The first kappa shape index (κ1) is 14.2. The van der Waals surface area contributed by atoms with Gasteiger partial charge in [0.15, 0.2) is 0 Å². The van der Waals surface area contributed by atoms with E-state index in [-0.39, 0.29) is 5.78 Å². The van der Waals surface area contributed by atoms with Crippen molar-refractivity contribution in [3.63, 3.8) is 0 Å². The van der Waals surface area contributed by atoms with E-state index in [1.807, 2.05) is 6.92 Å². The smallest absolute Gasteiger partial charge is 0.214 e. The average Bonchev–Trinajstić information content (AvgIpc) is 2.78. The van der Waals surface area contributed by atoms with Crippen molar-refractivity contribution in [3.8, 4) is 0 Å². The molecule has 1 aliphatic carbocycles. The molecule has 0 unspecified atom stereocenters. The number of aromatic nitrogens is 3. The van der Waals surface area contributed by atoms with Crippen molar-refractivity contribution < 1.29 is 9.53 Å². The summed E-state index contributed by atoms with van der Waals surface area (Å²) in [7, 11) is 1.74. The molecule has 0 atom stereocenters. The minimum absolute atomic E-state index is 0.0253. The Bertz CT molecular complexity index is 455. The highest BCUT2D eigenvalue weighted by atomic mass is 16.5. The number of hydrogen-bond acceptors (Lipinski definition) is 4. The zero-order valence-electron chi connectivity index (χ0n) is 12.3. The molecule has 1 aromatic heterocycles. The van der Waals surface area contributed by atoms with Crippen LogP contribution in [0.15, 0.2) is 6.20 Å². The number of carbonyl (C=O) groups excluding carboxylic acids is 1. The summed E-state index contributed by atoms with van der Waals surface area (Å²) < 4.78 is 7.42. The van der Waals surface area contributed by atoms with E-state index in [0.717, 1.165) is 25.7 Å². The first-order valence-electron chi connectivity index (χ1n) is 6.94. The van der Waals surface area contributed by atoms with E-state index in [4.69, 9.17) is 4.74 Å². The van der Waals surface area contributed by atoms with Gasteiger partial charge in [-0.25, -0.2) is 4.68 Å². The largest absolute Gasteiger partial charge is 0.367 e. The van der Waals surface area contributed by atoms with Gasteiger partial charge in [-0.15, -0.1) is 5.10 Å². The lowest BCUT2D eigenvalue weighted by Gasteiger charge is -2.42. The molecule has 1 heterocycles. The monoisotopic (exact) mass is 265 g/mol. The predicted octanol–water partition coefficient (Wildman–Crippen LogP) is 2.37. The number of ketones is 1. The molecule has 0 spiro atoms. The molecule has 0 bridgehead atoms. The Kier molecular flexibility index (Phi) is 3.76. The molecule has 0 radical (unpaired) electrons. The fraction of sp³-hybridized carbons (Fsp3) is 0.786. The maximum Gasteiger partial charge on any atom is 0.214 e. The number of aryl methyl sites for hydroxylation is 1. The van der Waals surface area contributed by atoms with Crippen LogP contribution in [0.3, 0.4) is 0 Å². The van der Waals surface area contributed by atoms with Crippen LogP contribution in [-0.2, 0) is 11.8 Å². The first-order valence-corrected chi connectivity index (χ1v) is 6.94. The molecular weight excluding hydrogens is 242 g/mol. The topological polar surface area (TPSA) is 57.0 Å². The third-order valence-electron chi connectivity index (χ3n) is 4.19. The summed E-state index contributed by atoms with van der Waals surface area (Å²) in [6, 6.07) is 0. The van der Waals surface area contributed by atoms with E-state index in [9.17, 15) is 4.79 Å². The van der Waals surface area contributed by atoms with E-state index >= 15 is 0 Å². The highest BCUT2D eigenvalue weighted by Gasteiger charge is 2.45. The van der Waals surface area contributed by atoms with Gasteiger partial charge >= 0.3 is 0 Å². The Hall–Kier alpha value is -1.23. The van der Waals surface area contributed by atoms with Crippen LogP contribution in [0.4, 0.5) is 0 Å². The molecule has 0 saturated heterocycles. The van der Waals surface area contributed by atoms with Crippen LogP contribution >= 0.6 is 0 Å². The van der Waals surface area contributed by atoms with E-state index in [1.165, 1.54) is 10.9 Å². The van der Waals surface area contributed by atoms with E-state index < -0.39 is 5.60 Å². The normalized spacial score (nSPS) is 21.3. The molecule has 5 heteroatoms. The van der Waals surface area contributed by atoms with E-state index in [0.29, 0.717) is 17.7 Å². The predicted molar refractivity (Wildman–Crippen MR) is 71.9 cm³/mol. The van der Waals surface area contributed by atoms with Gasteiger partial charge in [0.25, 0.3) is 0 Å². The van der Waals surface area contributed by atoms with Crippen LogP contribution in [0.5, 0.6) is 0 Å². The SMILES string of the molecule is CCOC1(C(=O)c2cnnn2C)CCC(C)(C)CC1. The lowest BCUT2D eigenvalue weighted by molar-refractivity contribution is -0.0585. The minimum atomic E-state index is -0.681. The molecule has 1 saturated carbocycles. The van der Waals surface area contributed by atoms with Crippen molar-refractivity contribution in [2.75, 3.05) is 6.61 Å². The third kappa shape index (κ3) is 2.71. The third-order valence-corrected chi connectivity index (χ3v) is 4.19. The zero-order valence-corrected chi connectivity index (χ0v) is 12.3. The number of Topliss-reactive ketones (excluding diaryl/α,β-unsaturated/α-hetero) is 1. The van der Waals surface area contributed by atoms with Crippen LogP contribution in [0.25, 0.3) is 0 Å². The second kappa shape index (κ2) is 5.04. The molecule has 0 aromatic carbocycles. The van der Waals surface area contributed by atoms with Crippen LogP contribution in [0.2, 0.25) is 0 Å². The quantitative estimate of drug-likeness (QED) is 0.784. The molecule has 2 rings (SSSR count). The molecule has 0 amide bonds. The van der Waals surface area contributed by atoms with Crippen LogP contribution in [0.1, 0.15) is 56.9 Å². The van der Waals surface area contributed by atoms with Gasteiger partial charge in [0.2, 0.25) is 5.78 Å². The molecule has 106 valence electrons. The Morgan fingerprint density at radius 1 is 1.37 bits per heavy atom. The van der Waals surface area contributed by atoms with Crippen LogP contribution in [-0.4, -0.2) is 33.0 Å². The van der Waals surface area contributed by atoms with Crippen molar-refractivity contribution >= 4 is 5.78 Å². The Balaban J connectivity index is 2.26. The lowest BCUT2D eigenvalue weighted by Crippen LogP contribution is -2.47. The highest BCUT2D eigenvalue weighted by Crippen LogP contribution is 2.43. The Labute approximate surface area is 114 Å². The Morgan fingerprint density at radius 2 is 2.00 bits per heavy atom. The fourth-order valence-electron chi connectivity index (χ4n) is 2.77. The summed E-state index contributed by atoms with van der Waals surface area (Å²) in [5, 5.41) is 7.64. The Morgan fingerprint density at radius 3 is 2.47 bits per heavy atom. The maximum atomic E-state index is 12.8. The number of rotatable bonds is 4. The standard InChI is InChI=1S/C14H23N3O2/c1-5-19-14(8-6-13(2,3)7-9-14)12(18)11-10-15-16-17(11)4/h10H,5-9H2,1-4H3. The molecule has 0 N–H and O–H groups in total. The van der Waals surface area contributed by atoms with Gasteiger partial charge < -0.3 is 4.74 Å². The van der Waals surface area contributed by atoms with E-state index in [1.54, 1.807) is 7.05 Å². The summed E-state index contributed by atoms with van der Waals surface area (Å²) in [5.74, 6) is 0.0253. The average molecular weight is 265 g/mol. The molecule has 5 nitrogen and oxygen atoms in total. The van der Waals surface area contributed by atoms with Crippen molar-refractivity contribution in [1.82, 2.24) is 15.0 Å². The van der Waals surface area contributed by atoms with Crippen molar-refractivity contribution in [2.45, 2.75) is 52.1 Å². The highest BCUT2D eigenvalue weighted by molar-refractivity contribution is 6.01. The molecule has 1 fully saturated rings. The van der Waals surface area contributed by atoms with E-state index in [2.05, 4.69) is 24.2 Å². The van der Waals surface area contributed by atoms with Gasteiger partial charge in [0, 0.05) is 13.7 Å². The summed E-state index contributed by atoms with van der Waals surface area (Å²) in [6.45, 7) is 6.99. The number of carbonyl (C=O) groups is 1. The summed E-state index contributed by atoms with van der Waals surface area (Å²) in [6.07, 6.45) is 5.09. The number of hydrogen-bond donors (Lipinski definition) is 0. The number of ether oxygens (including phenoxy) is 1. The first-order chi connectivity index (χ1) is 8.90. The summed E-state index contributed by atoms with van der Waals surface area (Å²) >= 11 is 0. The lowest BCUT2D eigenvalue weighted by atomic mass is 9.69. The van der Waals surface area contributed by atoms with Crippen molar-refractivity contribution in [1.29, 1.82) is 0 Å². The fourth-order valence-corrected chi connectivity index (χ4v) is 2.77. The molecular formula is C14H23N3O2. The molecule has 1 aliphatic rings. The molecule has 0 aliphatic heterocycles. The van der Waals surface area contributed by atoms with Gasteiger partial charge in [0.05, 0.1) is 6.20 Å².